The third-order valence-electron chi connectivity index (χ3n) is 2.44. The van der Waals surface area contributed by atoms with E-state index in [0.29, 0.717) is 6.42 Å². The summed E-state index contributed by atoms with van der Waals surface area (Å²) in [7, 11) is 0. The van der Waals surface area contributed by atoms with E-state index >= 15 is 0 Å². The first-order valence-corrected chi connectivity index (χ1v) is 5.77. The lowest BCUT2D eigenvalue weighted by Gasteiger charge is -2.02. The molecule has 88 valence electrons. The van der Waals surface area contributed by atoms with Gasteiger partial charge in [-0.15, -0.1) is 6.58 Å². The summed E-state index contributed by atoms with van der Waals surface area (Å²) in [4.78, 5) is 11.7. The highest BCUT2D eigenvalue weighted by Gasteiger charge is 2.04. The van der Waals surface area contributed by atoms with Crippen LogP contribution < -0.4 is 0 Å². The standard InChI is InChI=1S/C16H18O/c1-3-8-14(4-2)13-16(17)12-11-15-9-6-5-7-10-15/h3-12,14H,2,13H2,1H3/b8-3+,12-11+/t14-/m1/s1. The van der Waals surface area contributed by atoms with Crippen LogP contribution in [0.4, 0.5) is 0 Å². The fourth-order valence-corrected chi connectivity index (χ4v) is 1.53. The van der Waals surface area contributed by atoms with Crippen LogP contribution in [0.2, 0.25) is 0 Å². The molecule has 0 aliphatic heterocycles. The zero-order chi connectivity index (χ0) is 12.5. The van der Waals surface area contributed by atoms with Crippen molar-refractivity contribution in [2.45, 2.75) is 13.3 Å². The average Bonchev–Trinajstić information content (AvgIpc) is 2.37. The minimum atomic E-state index is 0.122. The number of benzene rings is 1. The van der Waals surface area contributed by atoms with Gasteiger partial charge in [0.25, 0.3) is 0 Å². The lowest BCUT2D eigenvalue weighted by molar-refractivity contribution is -0.114. The van der Waals surface area contributed by atoms with Gasteiger partial charge in [-0.05, 0) is 18.6 Å². The fourth-order valence-electron chi connectivity index (χ4n) is 1.53. The lowest BCUT2D eigenvalue weighted by atomic mass is 10.0. The number of allylic oxidation sites excluding steroid dienone is 4. The number of hydrogen-bond acceptors (Lipinski definition) is 1. The predicted molar refractivity (Wildman–Crippen MR) is 73.6 cm³/mol. The summed E-state index contributed by atoms with van der Waals surface area (Å²) >= 11 is 0. The molecule has 1 aromatic rings. The maximum atomic E-state index is 11.7. The van der Waals surface area contributed by atoms with Gasteiger partial charge in [0.15, 0.2) is 5.78 Å². The van der Waals surface area contributed by atoms with E-state index in [9.17, 15) is 4.79 Å². The van der Waals surface area contributed by atoms with E-state index in [2.05, 4.69) is 6.58 Å². The molecule has 0 heterocycles. The summed E-state index contributed by atoms with van der Waals surface area (Å²) in [5, 5.41) is 0. The average molecular weight is 226 g/mol. The molecule has 0 fully saturated rings. The Kier molecular flexibility index (Phi) is 5.73. The molecule has 1 heteroatoms. The molecule has 0 aliphatic carbocycles. The molecule has 0 spiro atoms. The first-order chi connectivity index (χ1) is 8.26. The van der Waals surface area contributed by atoms with E-state index in [4.69, 9.17) is 0 Å². The van der Waals surface area contributed by atoms with E-state index in [1.54, 1.807) is 12.2 Å². The van der Waals surface area contributed by atoms with Crippen molar-refractivity contribution < 1.29 is 4.79 Å². The first kappa shape index (κ1) is 13.2. The highest BCUT2D eigenvalue weighted by molar-refractivity contribution is 5.93. The van der Waals surface area contributed by atoms with Crippen molar-refractivity contribution in [3.8, 4) is 0 Å². The van der Waals surface area contributed by atoms with Gasteiger partial charge in [0.1, 0.15) is 0 Å². The Hall–Kier alpha value is -1.89. The monoisotopic (exact) mass is 226 g/mol. The van der Waals surface area contributed by atoms with Gasteiger partial charge in [0, 0.05) is 12.3 Å². The highest BCUT2D eigenvalue weighted by atomic mass is 16.1. The van der Waals surface area contributed by atoms with Crippen LogP contribution in [0.15, 0.2) is 61.2 Å². The van der Waals surface area contributed by atoms with Gasteiger partial charge in [-0.1, -0.05) is 54.6 Å². The second kappa shape index (κ2) is 7.39. The van der Waals surface area contributed by atoms with Crippen molar-refractivity contribution in [3.63, 3.8) is 0 Å². The van der Waals surface area contributed by atoms with Crippen molar-refractivity contribution in [2.75, 3.05) is 0 Å². The SMILES string of the molecule is C=C[C@H](/C=C/C)CC(=O)/C=C/c1ccccc1. The molecule has 0 radical (unpaired) electrons. The Labute approximate surface area is 103 Å². The van der Waals surface area contributed by atoms with E-state index in [1.165, 1.54) is 0 Å². The van der Waals surface area contributed by atoms with Crippen molar-refractivity contribution >= 4 is 11.9 Å². The minimum absolute atomic E-state index is 0.122. The topological polar surface area (TPSA) is 17.1 Å². The van der Waals surface area contributed by atoms with Crippen LogP contribution in [-0.4, -0.2) is 5.78 Å². The zero-order valence-corrected chi connectivity index (χ0v) is 10.2. The summed E-state index contributed by atoms with van der Waals surface area (Å²) in [5.41, 5.74) is 1.04. The van der Waals surface area contributed by atoms with Crippen LogP contribution in [0.3, 0.4) is 0 Å². The molecule has 0 amide bonds. The molecule has 0 aliphatic rings. The number of rotatable bonds is 6. The smallest absolute Gasteiger partial charge is 0.156 e. The number of carbonyl (C=O) groups excluding carboxylic acids is 1. The summed E-state index contributed by atoms with van der Waals surface area (Å²) in [5.74, 6) is 0.254. The maximum absolute atomic E-state index is 11.7. The van der Waals surface area contributed by atoms with Crippen LogP contribution >= 0.6 is 0 Å². The van der Waals surface area contributed by atoms with Crippen LogP contribution in [0, 0.1) is 5.92 Å². The lowest BCUT2D eigenvalue weighted by Crippen LogP contribution is -2.00. The van der Waals surface area contributed by atoms with Crippen molar-refractivity contribution in [1.29, 1.82) is 0 Å². The Morgan fingerprint density at radius 2 is 2.06 bits per heavy atom. The van der Waals surface area contributed by atoms with Crippen molar-refractivity contribution in [3.05, 3.63) is 66.8 Å². The molecular formula is C16H18O. The van der Waals surface area contributed by atoms with Gasteiger partial charge in [0.2, 0.25) is 0 Å². The van der Waals surface area contributed by atoms with Gasteiger partial charge < -0.3 is 0 Å². The molecule has 1 atom stereocenters. The molecular weight excluding hydrogens is 208 g/mol. The second-order valence-electron chi connectivity index (χ2n) is 3.84. The van der Waals surface area contributed by atoms with Gasteiger partial charge in [0.05, 0.1) is 0 Å². The van der Waals surface area contributed by atoms with E-state index in [-0.39, 0.29) is 11.7 Å². The van der Waals surface area contributed by atoms with E-state index < -0.39 is 0 Å². The molecule has 0 aromatic heterocycles. The molecule has 0 unspecified atom stereocenters. The molecule has 1 aromatic carbocycles. The van der Waals surface area contributed by atoms with Gasteiger partial charge in [-0.2, -0.15) is 0 Å². The summed E-state index contributed by atoms with van der Waals surface area (Å²) in [6.45, 7) is 5.67. The van der Waals surface area contributed by atoms with Crippen LogP contribution in [0.25, 0.3) is 6.08 Å². The van der Waals surface area contributed by atoms with Crippen molar-refractivity contribution in [2.24, 2.45) is 5.92 Å². The third kappa shape index (κ3) is 5.12. The molecule has 1 rings (SSSR count). The van der Waals surface area contributed by atoms with Crippen molar-refractivity contribution in [1.82, 2.24) is 0 Å². The van der Waals surface area contributed by atoms with Gasteiger partial charge >= 0.3 is 0 Å². The molecule has 0 saturated heterocycles. The molecule has 0 bridgehead atoms. The maximum Gasteiger partial charge on any atom is 0.156 e. The normalized spacial score (nSPS) is 13.0. The quantitative estimate of drug-likeness (QED) is 0.528. The second-order valence-corrected chi connectivity index (χ2v) is 3.84. The summed E-state index contributed by atoms with van der Waals surface area (Å²) < 4.78 is 0. The Morgan fingerprint density at radius 3 is 2.65 bits per heavy atom. The Balaban J connectivity index is 2.55. The molecule has 0 saturated carbocycles. The number of carbonyl (C=O) groups is 1. The number of ketones is 1. The largest absolute Gasteiger partial charge is 0.295 e. The summed E-state index contributed by atoms with van der Waals surface area (Å²) in [6.07, 6.45) is 9.70. The fraction of sp³-hybridized carbons (Fsp3) is 0.188. The van der Waals surface area contributed by atoms with Gasteiger partial charge in [-0.3, -0.25) is 4.79 Å². The van der Waals surface area contributed by atoms with Crippen LogP contribution in [-0.2, 0) is 4.79 Å². The molecule has 17 heavy (non-hydrogen) atoms. The predicted octanol–water partition coefficient (Wildman–Crippen LogP) is 4.04. The van der Waals surface area contributed by atoms with Crippen LogP contribution in [0.5, 0.6) is 0 Å². The minimum Gasteiger partial charge on any atom is -0.295 e. The van der Waals surface area contributed by atoms with Crippen LogP contribution in [0.1, 0.15) is 18.9 Å². The summed E-state index contributed by atoms with van der Waals surface area (Å²) in [6, 6.07) is 9.81. The van der Waals surface area contributed by atoms with E-state index in [1.807, 2.05) is 55.5 Å². The zero-order valence-electron chi connectivity index (χ0n) is 10.2. The van der Waals surface area contributed by atoms with E-state index in [0.717, 1.165) is 5.56 Å². The Morgan fingerprint density at radius 1 is 1.35 bits per heavy atom. The molecule has 1 nitrogen and oxygen atoms in total. The highest BCUT2D eigenvalue weighted by Crippen LogP contribution is 2.09. The first-order valence-electron chi connectivity index (χ1n) is 5.77. The number of hydrogen-bond donors (Lipinski definition) is 0. The molecule has 0 N–H and O–H groups in total. The third-order valence-corrected chi connectivity index (χ3v) is 2.44. The van der Waals surface area contributed by atoms with Gasteiger partial charge in [-0.25, -0.2) is 0 Å². The Bertz CT molecular complexity index is 412.